The van der Waals surface area contributed by atoms with Gasteiger partial charge in [0.15, 0.2) is 0 Å². The second-order valence-electron chi connectivity index (χ2n) is 7.24. The maximum atomic E-state index is 13.2. The lowest BCUT2D eigenvalue weighted by Crippen LogP contribution is -2.51. The van der Waals surface area contributed by atoms with Crippen molar-refractivity contribution in [2.24, 2.45) is 0 Å². The van der Waals surface area contributed by atoms with E-state index in [2.05, 4.69) is 5.32 Å². The number of hydrogen-bond donors (Lipinski definition) is 2. The molecule has 3 rings (SSSR count). The lowest BCUT2D eigenvalue weighted by Gasteiger charge is -2.27. The largest absolute Gasteiger partial charge is 0.394 e. The number of nitrogens with zero attached hydrogens (tertiary/aromatic N) is 1. The van der Waals surface area contributed by atoms with E-state index in [4.69, 9.17) is 0 Å². The molecule has 0 bridgehead atoms. The molecule has 28 heavy (non-hydrogen) atoms. The van der Waals surface area contributed by atoms with E-state index in [1.165, 1.54) is 0 Å². The number of aliphatic hydroxyl groups excluding tert-OH is 1. The summed E-state index contributed by atoms with van der Waals surface area (Å²) in [6, 6.07) is 18.1. The zero-order valence-corrected chi connectivity index (χ0v) is 16.1. The minimum atomic E-state index is -0.916. The average molecular weight is 380 g/mol. The normalized spacial score (nSPS) is 15.7. The standard InChI is InChI=1S/C23H28N2O3/c26-17-20(23(28)25-15-9-1-2-10-16-25)24-22(27)21(18-11-5-3-6-12-18)19-13-7-4-8-14-19/h3-8,11-14,20-21,26H,1-2,9-10,15-17H2,(H,24,27)/t20-/m0/s1. The van der Waals surface area contributed by atoms with E-state index in [0.29, 0.717) is 13.1 Å². The topological polar surface area (TPSA) is 69.6 Å². The van der Waals surface area contributed by atoms with Gasteiger partial charge in [-0.25, -0.2) is 0 Å². The zero-order valence-electron chi connectivity index (χ0n) is 16.1. The molecule has 5 nitrogen and oxygen atoms in total. The van der Waals surface area contributed by atoms with Crippen molar-refractivity contribution in [1.82, 2.24) is 10.2 Å². The summed E-state index contributed by atoms with van der Waals surface area (Å²) in [7, 11) is 0. The van der Waals surface area contributed by atoms with Crippen LogP contribution in [0.4, 0.5) is 0 Å². The van der Waals surface area contributed by atoms with Crippen LogP contribution in [0.3, 0.4) is 0 Å². The first-order valence-corrected chi connectivity index (χ1v) is 10.0. The highest BCUT2D eigenvalue weighted by Crippen LogP contribution is 2.25. The quantitative estimate of drug-likeness (QED) is 0.810. The number of carbonyl (C=O) groups is 2. The van der Waals surface area contributed by atoms with Crippen molar-refractivity contribution >= 4 is 11.8 Å². The van der Waals surface area contributed by atoms with Crippen molar-refractivity contribution in [3.05, 3.63) is 71.8 Å². The highest BCUT2D eigenvalue weighted by atomic mass is 16.3. The molecule has 2 aromatic carbocycles. The van der Waals surface area contributed by atoms with E-state index in [-0.39, 0.29) is 11.8 Å². The molecule has 0 unspecified atom stereocenters. The number of amides is 2. The summed E-state index contributed by atoms with van der Waals surface area (Å²) in [5.41, 5.74) is 1.70. The van der Waals surface area contributed by atoms with Crippen LogP contribution in [0.2, 0.25) is 0 Å². The molecule has 0 spiro atoms. The maximum Gasteiger partial charge on any atom is 0.247 e. The van der Waals surface area contributed by atoms with E-state index >= 15 is 0 Å². The molecule has 0 saturated carbocycles. The van der Waals surface area contributed by atoms with E-state index in [1.54, 1.807) is 4.90 Å². The molecule has 0 aliphatic carbocycles. The van der Waals surface area contributed by atoms with E-state index in [9.17, 15) is 14.7 Å². The first-order chi connectivity index (χ1) is 13.7. The summed E-state index contributed by atoms with van der Waals surface area (Å²) in [4.78, 5) is 27.8. The fourth-order valence-corrected chi connectivity index (χ4v) is 3.74. The Bertz CT molecular complexity index is 716. The molecular formula is C23H28N2O3. The van der Waals surface area contributed by atoms with Crippen LogP contribution in [0.5, 0.6) is 0 Å². The Kier molecular flexibility index (Phi) is 7.20. The monoisotopic (exact) mass is 380 g/mol. The Morgan fingerprint density at radius 3 is 1.82 bits per heavy atom. The van der Waals surface area contributed by atoms with Crippen LogP contribution in [0.1, 0.15) is 42.7 Å². The molecule has 1 heterocycles. The van der Waals surface area contributed by atoms with Crippen LogP contribution in [-0.2, 0) is 9.59 Å². The fourth-order valence-electron chi connectivity index (χ4n) is 3.74. The predicted octanol–water partition coefficient (Wildman–Crippen LogP) is 2.70. The maximum absolute atomic E-state index is 13.2. The molecule has 1 fully saturated rings. The third-order valence-corrected chi connectivity index (χ3v) is 5.24. The zero-order chi connectivity index (χ0) is 19.8. The Morgan fingerprint density at radius 1 is 0.857 bits per heavy atom. The molecule has 1 saturated heterocycles. The van der Waals surface area contributed by atoms with Crippen molar-refractivity contribution in [2.75, 3.05) is 19.7 Å². The minimum absolute atomic E-state index is 0.197. The number of benzene rings is 2. The van der Waals surface area contributed by atoms with Gasteiger partial charge in [-0.2, -0.15) is 0 Å². The summed E-state index contributed by atoms with van der Waals surface area (Å²) in [6.45, 7) is 0.968. The van der Waals surface area contributed by atoms with E-state index < -0.39 is 18.6 Å². The molecule has 2 aromatic rings. The summed E-state index contributed by atoms with van der Waals surface area (Å²) in [5.74, 6) is -1.01. The summed E-state index contributed by atoms with van der Waals surface area (Å²) in [6.07, 6.45) is 4.16. The highest BCUT2D eigenvalue weighted by Gasteiger charge is 2.30. The highest BCUT2D eigenvalue weighted by molar-refractivity contribution is 5.92. The van der Waals surface area contributed by atoms with Crippen molar-refractivity contribution in [3.63, 3.8) is 0 Å². The van der Waals surface area contributed by atoms with Gasteiger partial charge in [0.25, 0.3) is 0 Å². The molecular weight excluding hydrogens is 352 g/mol. The average Bonchev–Trinajstić information content (AvgIpc) is 3.03. The second kappa shape index (κ2) is 10.0. The molecule has 1 aliphatic heterocycles. The van der Waals surface area contributed by atoms with Crippen molar-refractivity contribution in [1.29, 1.82) is 0 Å². The number of aliphatic hydroxyl groups is 1. The van der Waals surface area contributed by atoms with Crippen LogP contribution in [0.15, 0.2) is 60.7 Å². The first kappa shape index (κ1) is 20.1. The second-order valence-corrected chi connectivity index (χ2v) is 7.24. The summed E-state index contributed by atoms with van der Waals surface area (Å²) >= 11 is 0. The smallest absolute Gasteiger partial charge is 0.247 e. The number of likely N-dealkylation sites (tertiary alicyclic amines) is 1. The molecule has 1 aliphatic rings. The lowest BCUT2D eigenvalue weighted by atomic mass is 9.90. The molecule has 0 radical (unpaired) electrons. The summed E-state index contributed by atoms with van der Waals surface area (Å²) < 4.78 is 0. The number of carbonyl (C=O) groups excluding carboxylic acids is 2. The van der Waals surface area contributed by atoms with Crippen LogP contribution in [0.25, 0.3) is 0 Å². The van der Waals surface area contributed by atoms with Crippen LogP contribution >= 0.6 is 0 Å². The third-order valence-electron chi connectivity index (χ3n) is 5.24. The molecule has 0 aromatic heterocycles. The minimum Gasteiger partial charge on any atom is -0.394 e. The molecule has 2 amide bonds. The van der Waals surface area contributed by atoms with E-state index in [0.717, 1.165) is 36.8 Å². The number of rotatable bonds is 6. The Hall–Kier alpha value is -2.66. The van der Waals surface area contributed by atoms with Crippen molar-refractivity contribution < 1.29 is 14.7 Å². The molecule has 1 atom stereocenters. The van der Waals surface area contributed by atoms with Crippen molar-refractivity contribution in [3.8, 4) is 0 Å². The van der Waals surface area contributed by atoms with E-state index in [1.807, 2.05) is 60.7 Å². The predicted molar refractivity (Wildman–Crippen MR) is 109 cm³/mol. The Morgan fingerprint density at radius 2 is 1.36 bits per heavy atom. The van der Waals surface area contributed by atoms with Gasteiger partial charge in [0.1, 0.15) is 6.04 Å². The fraction of sp³-hybridized carbons (Fsp3) is 0.391. The van der Waals surface area contributed by atoms with Gasteiger partial charge in [0.05, 0.1) is 12.5 Å². The number of hydrogen-bond acceptors (Lipinski definition) is 3. The SMILES string of the molecule is O=C(N[C@@H](CO)C(=O)N1CCCCCC1)C(c1ccccc1)c1ccccc1. The third kappa shape index (κ3) is 4.98. The van der Waals surface area contributed by atoms with Gasteiger partial charge in [0, 0.05) is 13.1 Å². The molecule has 5 heteroatoms. The van der Waals surface area contributed by atoms with Crippen molar-refractivity contribution in [2.45, 2.75) is 37.6 Å². The van der Waals surface area contributed by atoms with Gasteiger partial charge in [-0.1, -0.05) is 73.5 Å². The van der Waals surface area contributed by atoms with Gasteiger partial charge in [0.2, 0.25) is 11.8 Å². The van der Waals surface area contributed by atoms with Gasteiger partial charge in [-0.15, -0.1) is 0 Å². The van der Waals surface area contributed by atoms with Gasteiger partial charge >= 0.3 is 0 Å². The molecule has 148 valence electrons. The summed E-state index contributed by atoms with van der Waals surface area (Å²) in [5, 5.41) is 12.6. The van der Waals surface area contributed by atoms with Gasteiger partial charge in [-0.05, 0) is 24.0 Å². The van der Waals surface area contributed by atoms with Gasteiger partial charge < -0.3 is 15.3 Å². The van der Waals surface area contributed by atoms with Gasteiger partial charge in [-0.3, -0.25) is 9.59 Å². The van der Waals surface area contributed by atoms with Crippen LogP contribution in [-0.4, -0.2) is 47.6 Å². The molecule has 2 N–H and O–H groups in total. The number of nitrogens with one attached hydrogen (secondary N) is 1. The Balaban J connectivity index is 1.79. The Labute approximate surface area is 166 Å². The first-order valence-electron chi connectivity index (χ1n) is 10.0. The van der Waals surface area contributed by atoms with Crippen LogP contribution < -0.4 is 5.32 Å². The lowest BCUT2D eigenvalue weighted by molar-refractivity contribution is -0.137. The van der Waals surface area contributed by atoms with Crippen LogP contribution in [0, 0.1) is 0 Å².